The van der Waals surface area contributed by atoms with Gasteiger partial charge in [-0.3, -0.25) is 19.3 Å². The number of fused-ring (bicyclic) bond motifs is 1. The fraction of sp³-hybridized carbons (Fsp3) is 0.179. The Kier molecular flexibility index (Phi) is 6.27. The van der Waals surface area contributed by atoms with Gasteiger partial charge < -0.3 is 5.11 Å². The predicted molar refractivity (Wildman–Crippen MR) is 139 cm³/mol. The van der Waals surface area contributed by atoms with Gasteiger partial charge in [0.05, 0.1) is 28.2 Å². The first-order valence-electron chi connectivity index (χ1n) is 12.1. The summed E-state index contributed by atoms with van der Waals surface area (Å²) in [5.74, 6) is -1.20. The quantitative estimate of drug-likeness (QED) is 0.268. The molecule has 0 spiro atoms. The lowest BCUT2D eigenvalue weighted by Gasteiger charge is -2.23. The summed E-state index contributed by atoms with van der Waals surface area (Å²) in [6.07, 6.45) is 1.28. The van der Waals surface area contributed by atoms with Crippen LogP contribution in [0.3, 0.4) is 0 Å². The summed E-state index contributed by atoms with van der Waals surface area (Å²) < 4.78 is 2.66. The van der Waals surface area contributed by atoms with E-state index in [0.717, 1.165) is 0 Å². The Morgan fingerprint density at radius 3 is 1.92 bits per heavy atom. The molecule has 9 nitrogen and oxygen atoms in total. The summed E-state index contributed by atoms with van der Waals surface area (Å²) >= 11 is 0. The van der Waals surface area contributed by atoms with Crippen LogP contribution in [-0.2, 0) is 0 Å². The minimum Gasteiger partial charge on any atom is -0.492 e. The van der Waals surface area contributed by atoms with Gasteiger partial charge in [-0.2, -0.15) is 0 Å². The number of benzene rings is 3. The molecule has 1 aliphatic rings. The van der Waals surface area contributed by atoms with E-state index in [2.05, 4.69) is 10.2 Å². The molecule has 0 fully saturated rings. The number of carbonyl (C=O) groups excluding carboxylic acids is 2. The Bertz CT molecular complexity index is 1570. The van der Waals surface area contributed by atoms with Crippen LogP contribution in [0.4, 0.5) is 11.4 Å². The molecule has 4 aromatic rings. The fourth-order valence-corrected chi connectivity index (χ4v) is 4.64. The van der Waals surface area contributed by atoms with Crippen molar-refractivity contribution in [2.75, 3.05) is 0 Å². The number of carbonyl (C=O) groups is 2. The molecule has 37 heavy (non-hydrogen) atoms. The summed E-state index contributed by atoms with van der Waals surface area (Å²) in [5, 5.41) is 19.4. The topological polar surface area (TPSA) is 109 Å². The van der Waals surface area contributed by atoms with Gasteiger partial charge in [-0.1, -0.05) is 56.3 Å². The second-order valence-corrected chi connectivity index (χ2v) is 8.62. The smallest absolute Gasteiger partial charge is 0.303 e. The van der Waals surface area contributed by atoms with E-state index in [-0.39, 0.29) is 34.5 Å². The van der Waals surface area contributed by atoms with Gasteiger partial charge in [0.25, 0.3) is 11.8 Å². The fourth-order valence-electron chi connectivity index (χ4n) is 4.64. The third-order valence-corrected chi connectivity index (χ3v) is 6.50. The zero-order valence-electron chi connectivity index (χ0n) is 20.4. The highest BCUT2D eigenvalue weighted by atomic mass is 16.3. The molecule has 1 aliphatic heterocycles. The van der Waals surface area contributed by atoms with Crippen LogP contribution in [0.25, 0.3) is 11.4 Å². The first-order chi connectivity index (χ1) is 18.0. The molecule has 0 saturated carbocycles. The minimum atomic E-state index is -0.593. The highest BCUT2D eigenvalue weighted by molar-refractivity contribution is 6.23. The maximum absolute atomic E-state index is 13.5. The largest absolute Gasteiger partial charge is 0.492 e. The second kappa shape index (κ2) is 9.69. The SMILES string of the molecule is CCC(CC)N1C(=O)c2cccc(N=Nc3c(O)n(-c4ccccc4)n(-c4ccccc4)c3=O)c2C1=O. The number of rotatable bonds is 7. The molecule has 2 amide bonds. The average molecular weight is 496 g/mol. The summed E-state index contributed by atoms with van der Waals surface area (Å²) in [6, 6.07) is 22.3. The van der Waals surface area contributed by atoms with Crippen LogP contribution in [0, 0.1) is 0 Å². The van der Waals surface area contributed by atoms with Gasteiger partial charge in [-0.25, -0.2) is 9.36 Å². The van der Waals surface area contributed by atoms with Gasteiger partial charge in [0.2, 0.25) is 11.6 Å². The van der Waals surface area contributed by atoms with Crippen molar-refractivity contribution in [2.24, 2.45) is 10.2 Å². The Hall–Kier alpha value is -4.79. The van der Waals surface area contributed by atoms with Crippen molar-refractivity contribution in [3.8, 4) is 17.3 Å². The number of aromatic nitrogens is 2. The molecular formula is C28H25N5O4. The maximum Gasteiger partial charge on any atom is 0.303 e. The Labute approximate surface area is 212 Å². The number of imide groups is 1. The van der Waals surface area contributed by atoms with Crippen LogP contribution >= 0.6 is 0 Å². The van der Waals surface area contributed by atoms with Crippen molar-refractivity contribution in [3.63, 3.8) is 0 Å². The number of aromatic hydroxyl groups is 1. The number of hydrogen-bond donors (Lipinski definition) is 1. The number of azo groups is 1. The number of nitrogens with zero attached hydrogens (tertiary/aromatic N) is 5. The highest BCUT2D eigenvalue weighted by Crippen LogP contribution is 2.35. The molecule has 0 radical (unpaired) electrons. The molecule has 2 heterocycles. The third-order valence-electron chi connectivity index (χ3n) is 6.50. The number of amides is 2. The van der Waals surface area contributed by atoms with Crippen LogP contribution in [-0.4, -0.2) is 37.2 Å². The maximum atomic E-state index is 13.5. The van der Waals surface area contributed by atoms with Gasteiger partial charge in [-0.05, 0) is 49.2 Å². The van der Waals surface area contributed by atoms with E-state index in [9.17, 15) is 19.5 Å². The van der Waals surface area contributed by atoms with Gasteiger partial charge >= 0.3 is 5.56 Å². The standard InChI is InChI=1S/C28H25N5O4/c1-3-18(4-2)31-25(34)21-16-11-17-22(23(21)26(31)35)29-30-24-27(36)32(19-12-7-5-8-13-19)33(28(24)37)20-14-9-6-10-15-20/h5-18,36H,3-4H2,1-2H3. The monoisotopic (exact) mass is 495 g/mol. The predicted octanol–water partition coefficient (Wildman–Crippen LogP) is 5.53. The van der Waals surface area contributed by atoms with Crippen LogP contribution < -0.4 is 5.56 Å². The minimum absolute atomic E-state index is 0.147. The molecule has 0 aliphatic carbocycles. The third kappa shape index (κ3) is 3.94. The number of hydrogen-bond acceptors (Lipinski definition) is 6. The van der Waals surface area contributed by atoms with Crippen LogP contribution in [0.1, 0.15) is 47.4 Å². The van der Waals surface area contributed by atoms with Crippen LogP contribution in [0.15, 0.2) is 93.9 Å². The summed E-state index contributed by atoms with van der Waals surface area (Å²) in [7, 11) is 0. The van der Waals surface area contributed by atoms with Gasteiger partial charge in [0.15, 0.2) is 0 Å². The molecule has 3 aromatic carbocycles. The van der Waals surface area contributed by atoms with Crippen molar-refractivity contribution in [1.82, 2.24) is 14.3 Å². The van der Waals surface area contributed by atoms with Crippen LogP contribution in [0.5, 0.6) is 5.88 Å². The molecule has 5 rings (SSSR count). The van der Waals surface area contributed by atoms with E-state index in [1.54, 1.807) is 66.7 Å². The second-order valence-electron chi connectivity index (χ2n) is 8.62. The van der Waals surface area contributed by atoms with Gasteiger partial charge in [0.1, 0.15) is 0 Å². The van der Waals surface area contributed by atoms with E-state index in [1.807, 2.05) is 26.0 Å². The Morgan fingerprint density at radius 2 is 1.32 bits per heavy atom. The normalized spacial score (nSPS) is 13.2. The Morgan fingerprint density at radius 1 is 0.730 bits per heavy atom. The van der Waals surface area contributed by atoms with Crippen molar-refractivity contribution in [1.29, 1.82) is 0 Å². The lowest BCUT2D eigenvalue weighted by molar-refractivity contribution is 0.0576. The molecule has 186 valence electrons. The van der Waals surface area contributed by atoms with E-state index in [1.165, 1.54) is 14.3 Å². The van der Waals surface area contributed by atoms with E-state index in [4.69, 9.17) is 0 Å². The van der Waals surface area contributed by atoms with Crippen molar-refractivity contribution < 1.29 is 14.7 Å². The van der Waals surface area contributed by atoms with Gasteiger partial charge in [-0.15, -0.1) is 10.2 Å². The molecule has 0 unspecified atom stereocenters. The zero-order chi connectivity index (χ0) is 26.1. The van der Waals surface area contributed by atoms with E-state index >= 15 is 0 Å². The molecule has 1 N–H and O–H groups in total. The summed E-state index contributed by atoms with van der Waals surface area (Å²) in [6.45, 7) is 3.85. The lowest BCUT2D eigenvalue weighted by Crippen LogP contribution is -2.39. The summed E-state index contributed by atoms with van der Waals surface area (Å²) in [4.78, 5) is 41.0. The molecule has 0 saturated heterocycles. The first kappa shape index (κ1) is 23.9. The number of para-hydroxylation sites is 2. The lowest BCUT2D eigenvalue weighted by atomic mass is 10.1. The highest BCUT2D eigenvalue weighted by Gasteiger charge is 2.40. The summed E-state index contributed by atoms with van der Waals surface area (Å²) in [5.41, 5.74) is 0.736. The van der Waals surface area contributed by atoms with Crippen molar-refractivity contribution in [3.05, 3.63) is 100 Å². The van der Waals surface area contributed by atoms with E-state index in [0.29, 0.717) is 24.2 Å². The molecule has 0 bridgehead atoms. The first-order valence-corrected chi connectivity index (χ1v) is 12.1. The average Bonchev–Trinajstić information content (AvgIpc) is 3.34. The molecule has 0 atom stereocenters. The zero-order valence-corrected chi connectivity index (χ0v) is 20.4. The molecule has 1 aromatic heterocycles. The van der Waals surface area contributed by atoms with E-state index < -0.39 is 17.3 Å². The van der Waals surface area contributed by atoms with Crippen LogP contribution in [0.2, 0.25) is 0 Å². The molecule has 9 heteroatoms. The molecular weight excluding hydrogens is 470 g/mol. The van der Waals surface area contributed by atoms with Crippen molar-refractivity contribution in [2.45, 2.75) is 32.7 Å². The van der Waals surface area contributed by atoms with Crippen molar-refractivity contribution >= 4 is 23.2 Å². The Balaban J connectivity index is 1.63. The van der Waals surface area contributed by atoms with Gasteiger partial charge in [0, 0.05) is 6.04 Å².